The molecule has 0 aliphatic heterocycles. The van der Waals surface area contributed by atoms with E-state index in [0.29, 0.717) is 6.42 Å². The quantitative estimate of drug-likeness (QED) is 0.644. The summed E-state index contributed by atoms with van der Waals surface area (Å²) in [6, 6.07) is 2.95. The number of nitrogens with one attached hydrogen (secondary N) is 1. The second-order valence-electron chi connectivity index (χ2n) is 6.14. The van der Waals surface area contributed by atoms with Crippen LogP contribution in [0.3, 0.4) is 0 Å². The van der Waals surface area contributed by atoms with Crippen molar-refractivity contribution in [1.29, 1.82) is 0 Å². The number of carbonyl (C=O) groups excluding carboxylic acids is 1. The third-order valence-corrected chi connectivity index (χ3v) is 2.87. The Hall–Kier alpha value is -2.02. The fraction of sp³-hybridized carbons (Fsp3) is 0.500. The second-order valence-corrected chi connectivity index (χ2v) is 6.14. The molecule has 0 fully saturated rings. The molecule has 0 spiro atoms. The number of nitro groups is 1. The molecule has 0 heterocycles. The van der Waals surface area contributed by atoms with Crippen molar-refractivity contribution in [2.24, 2.45) is 17.1 Å². The van der Waals surface area contributed by atoms with Gasteiger partial charge in [-0.05, 0) is 17.9 Å². The molecular formula is C14H20FN3O3. The number of hydrogen-bond acceptors (Lipinski definition) is 4. The third kappa shape index (κ3) is 5.47. The molecule has 1 atom stereocenters. The van der Waals surface area contributed by atoms with Crippen LogP contribution in [0.1, 0.15) is 27.2 Å². The minimum Gasteiger partial charge on any atom is -0.330 e. The first-order valence-corrected chi connectivity index (χ1v) is 6.58. The van der Waals surface area contributed by atoms with E-state index in [1.807, 2.05) is 20.8 Å². The summed E-state index contributed by atoms with van der Waals surface area (Å²) in [4.78, 5) is 22.1. The van der Waals surface area contributed by atoms with Crippen molar-refractivity contribution in [3.05, 3.63) is 34.1 Å². The molecule has 1 rings (SSSR count). The predicted octanol–water partition coefficient (Wildman–Crippen LogP) is 2.68. The van der Waals surface area contributed by atoms with Crippen molar-refractivity contribution in [2.45, 2.75) is 27.2 Å². The third-order valence-electron chi connectivity index (χ3n) is 2.87. The van der Waals surface area contributed by atoms with E-state index >= 15 is 0 Å². The normalized spacial score (nSPS) is 12.8. The minimum absolute atomic E-state index is 0.0547. The number of carbonyl (C=O) groups is 1. The zero-order valence-corrected chi connectivity index (χ0v) is 12.4. The van der Waals surface area contributed by atoms with E-state index in [9.17, 15) is 19.3 Å². The highest BCUT2D eigenvalue weighted by molar-refractivity contribution is 5.93. The largest absolute Gasteiger partial charge is 0.330 e. The molecule has 7 heteroatoms. The summed E-state index contributed by atoms with van der Waals surface area (Å²) in [5.41, 5.74) is 5.15. The number of nitrogens with zero attached hydrogens (tertiary/aromatic N) is 1. The summed E-state index contributed by atoms with van der Waals surface area (Å²) < 4.78 is 13.3. The molecule has 1 amide bonds. The van der Waals surface area contributed by atoms with E-state index in [1.54, 1.807) is 0 Å². The monoisotopic (exact) mass is 297 g/mol. The van der Waals surface area contributed by atoms with E-state index in [2.05, 4.69) is 5.32 Å². The Kier molecular flexibility index (Phi) is 5.37. The van der Waals surface area contributed by atoms with Crippen molar-refractivity contribution in [2.75, 3.05) is 11.9 Å². The van der Waals surface area contributed by atoms with Crippen LogP contribution in [0.25, 0.3) is 0 Å². The van der Waals surface area contributed by atoms with Gasteiger partial charge >= 0.3 is 0 Å². The van der Waals surface area contributed by atoms with Crippen LogP contribution < -0.4 is 11.1 Å². The molecule has 0 saturated heterocycles. The Morgan fingerprint density at radius 3 is 2.52 bits per heavy atom. The Labute approximate surface area is 122 Å². The zero-order valence-electron chi connectivity index (χ0n) is 12.4. The first kappa shape index (κ1) is 17.0. The molecule has 6 nitrogen and oxygen atoms in total. The average Bonchev–Trinajstić information content (AvgIpc) is 2.33. The molecular weight excluding hydrogens is 277 g/mol. The van der Waals surface area contributed by atoms with Gasteiger partial charge in [-0.25, -0.2) is 4.39 Å². The van der Waals surface area contributed by atoms with Crippen molar-refractivity contribution in [1.82, 2.24) is 0 Å². The molecule has 1 aromatic carbocycles. The molecule has 0 aliphatic carbocycles. The summed E-state index contributed by atoms with van der Waals surface area (Å²) in [7, 11) is 0. The highest BCUT2D eigenvalue weighted by Gasteiger charge is 2.24. The highest BCUT2D eigenvalue weighted by Crippen LogP contribution is 2.26. The maximum Gasteiger partial charge on any atom is 0.274 e. The Morgan fingerprint density at radius 1 is 1.43 bits per heavy atom. The van der Waals surface area contributed by atoms with Crippen LogP contribution in [0.5, 0.6) is 0 Å². The van der Waals surface area contributed by atoms with Crippen LogP contribution in [0.4, 0.5) is 15.8 Å². The number of amides is 1. The molecule has 0 saturated carbocycles. The van der Waals surface area contributed by atoms with Crippen molar-refractivity contribution >= 4 is 17.3 Å². The lowest BCUT2D eigenvalue weighted by Crippen LogP contribution is -2.32. The SMILES string of the molecule is CC(C)(C)CC(CN)C(=O)Nc1cc(F)cc([N+](=O)[O-])c1. The Morgan fingerprint density at radius 2 is 2.05 bits per heavy atom. The maximum absolute atomic E-state index is 13.3. The van der Waals surface area contributed by atoms with E-state index in [-0.39, 0.29) is 23.6 Å². The number of anilines is 1. The van der Waals surface area contributed by atoms with Crippen LogP contribution in [0.15, 0.2) is 18.2 Å². The van der Waals surface area contributed by atoms with Gasteiger partial charge < -0.3 is 11.1 Å². The molecule has 0 radical (unpaired) electrons. The van der Waals surface area contributed by atoms with Crippen LogP contribution in [0.2, 0.25) is 0 Å². The van der Waals surface area contributed by atoms with E-state index in [1.165, 1.54) is 0 Å². The molecule has 3 N–H and O–H groups in total. The zero-order chi connectivity index (χ0) is 16.2. The van der Waals surface area contributed by atoms with E-state index < -0.39 is 22.3 Å². The maximum atomic E-state index is 13.3. The summed E-state index contributed by atoms with van der Waals surface area (Å²) in [6.45, 7) is 6.10. The predicted molar refractivity (Wildman–Crippen MR) is 78.3 cm³/mol. The number of rotatable bonds is 5. The molecule has 21 heavy (non-hydrogen) atoms. The van der Waals surface area contributed by atoms with Crippen LogP contribution >= 0.6 is 0 Å². The average molecular weight is 297 g/mol. The van der Waals surface area contributed by atoms with Gasteiger partial charge in [0.1, 0.15) is 5.82 Å². The number of hydrogen-bond donors (Lipinski definition) is 2. The number of non-ortho nitro benzene ring substituents is 1. The van der Waals surface area contributed by atoms with Gasteiger partial charge in [0.15, 0.2) is 0 Å². The smallest absolute Gasteiger partial charge is 0.274 e. The number of benzene rings is 1. The summed E-state index contributed by atoms with van der Waals surface area (Å²) >= 11 is 0. The number of nitro benzene ring substituents is 1. The van der Waals surface area contributed by atoms with Gasteiger partial charge in [-0.15, -0.1) is 0 Å². The van der Waals surface area contributed by atoms with Crippen LogP contribution in [0, 0.1) is 27.3 Å². The molecule has 0 bridgehead atoms. The lowest BCUT2D eigenvalue weighted by Gasteiger charge is -2.24. The first-order chi connectivity index (χ1) is 9.62. The number of halogens is 1. The number of nitrogens with two attached hydrogens (primary N) is 1. The molecule has 116 valence electrons. The van der Waals surface area contributed by atoms with Crippen LogP contribution in [-0.4, -0.2) is 17.4 Å². The second kappa shape index (κ2) is 6.62. The first-order valence-electron chi connectivity index (χ1n) is 6.58. The van der Waals surface area contributed by atoms with Crippen LogP contribution in [-0.2, 0) is 4.79 Å². The van der Waals surface area contributed by atoms with Crippen molar-refractivity contribution in [3.63, 3.8) is 0 Å². The fourth-order valence-corrected chi connectivity index (χ4v) is 2.02. The van der Waals surface area contributed by atoms with E-state index in [0.717, 1.165) is 18.2 Å². The standard InChI is InChI=1S/C14H20FN3O3/c1-14(2,3)7-9(8-16)13(19)17-11-4-10(15)5-12(6-11)18(20)21/h4-6,9H,7-8,16H2,1-3H3,(H,17,19). The molecule has 0 aliphatic rings. The summed E-state index contributed by atoms with van der Waals surface area (Å²) in [6.07, 6.45) is 0.562. The lowest BCUT2D eigenvalue weighted by molar-refractivity contribution is -0.385. The highest BCUT2D eigenvalue weighted by atomic mass is 19.1. The molecule has 0 aromatic heterocycles. The summed E-state index contributed by atoms with van der Waals surface area (Å²) in [5.74, 6) is -1.58. The van der Waals surface area contributed by atoms with Crippen molar-refractivity contribution in [3.8, 4) is 0 Å². The van der Waals surface area contributed by atoms with Crippen molar-refractivity contribution < 1.29 is 14.1 Å². The molecule has 1 unspecified atom stereocenters. The van der Waals surface area contributed by atoms with E-state index in [4.69, 9.17) is 5.73 Å². The van der Waals surface area contributed by atoms with Gasteiger partial charge in [0, 0.05) is 12.6 Å². The van der Waals surface area contributed by atoms with Gasteiger partial charge in [0.25, 0.3) is 5.69 Å². The van der Waals surface area contributed by atoms with Gasteiger partial charge in [-0.1, -0.05) is 20.8 Å². The fourth-order valence-electron chi connectivity index (χ4n) is 2.02. The van der Waals surface area contributed by atoms with Gasteiger partial charge in [0.2, 0.25) is 5.91 Å². The van der Waals surface area contributed by atoms with Gasteiger partial charge in [-0.2, -0.15) is 0 Å². The minimum atomic E-state index is -0.778. The summed E-state index contributed by atoms with van der Waals surface area (Å²) in [5, 5.41) is 13.2. The molecule has 1 aromatic rings. The topological polar surface area (TPSA) is 98.3 Å². The Bertz CT molecular complexity index is 541. The Balaban J connectivity index is 2.89. The van der Waals surface area contributed by atoms with Gasteiger partial charge in [0.05, 0.1) is 22.6 Å². The lowest BCUT2D eigenvalue weighted by atomic mass is 9.84. The van der Waals surface area contributed by atoms with Gasteiger partial charge in [-0.3, -0.25) is 14.9 Å².